The Bertz CT molecular complexity index is 442. The normalized spacial score (nSPS) is 10.1. The summed E-state index contributed by atoms with van der Waals surface area (Å²) in [5, 5.41) is 0.426. The minimum absolute atomic E-state index is 0.426. The summed E-state index contributed by atoms with van der Waals surface area (Å²) in [5.41, 5.74) is 1.67. The molecule has 0 aliphatic rings. The van der Waals surface area contributed by atoms with E-state index in [1.165, 1.54) is 0 Å². The van der Waals surface area contributed by atoms with Crippen molar-refractivity contribution in [3.63, 3.8) is 0 Å². The first-order valence-electron chi connectivity index (χ1n) is 4.00. The van der Waals surface area contributed by atoms with Crippen LogP contribution in [-0.4, -0.2) is 9.97 Å². The summed E-state index contributed by atoms with van der Waals surface area (Å²) in [5.74, 6) is 0. The molecule has 2 rings (SSSR count). The van der Waals surface area contributed by atoms with Gasteiger partial charge in [0.25, 0.3) is 0 Å². The van der Waals surface area contributed by atoms with Crippen LogP contribution in [0.1, 0.15) is 0 Å². The van der Waals surface area contributed by atoms with E-state index >= 15 is 0 Å². The van der Waals surface area contributed by atoms with E-state index in [0.717, 1.165) is 10.0 Å². The van der Waals surface area contributed by atoms with E-state index in [1.54, 1.807) is 12.4 Å². The highest BCUT2D eigenvalue weighted by Crippen LogP contribution is 2.24. The van der Waals surface area contributed by atoms with Crippen LogP contribution in [0.25, 0.3) is 11.3 Å². The lowest BCUT2D eigenvalue weighted by Crippen LogP contribution is -1.86. The van der Waals surface area contributed by atoms with Crippen molar-refractivity contribution < 1.29 is 0 Å². The summed E-state index contributed by atoms with van der Waals surface area (Å²) in [7, 11) is 0. The van der Waals surface area contributed by atoms with Crippen LogP contribution < -0.4 is 0 Å². The summed E-state index contributed by atoms with van der Waals surface area (Å²) >= 11 is 9.28. The molecule has 2 nitrogen and oxygen atoms in total. The number of nitrogens with zero attached hydrogens (tertiary/aromatic N) is 2. The molecule has 0 saturated heterocycles. The van der Waals surface area contributed by atoms with Gasteiger partial charge in [0.05, 0.1) is 0 Å². The van der Waals surface area contributed by atoms with Gasteiger partial charge in [-0.05, 0) is 12.1 Å². The Morgan fingerprint density at radius 1 is 1.00 bits per heavy atom. The van der Waals surface area contributed by atoms with Gasteiger partial charge in [0.1, 0.15) is 5.69 Å². The number of halogens is 2. The Morgan fingerprint density at radius 3 is 2.29 bits per heavy atom. The predicted octanol–water partition coefficient (Wildman–Crippen LogP) is 3.56. The smallest absolute Gasteiger partial charge is 0.155 e. The van der Waals surface area contributed by atoms with Crippen LogP contribution in [0.5, 0.6) is 0 Å². The second-order valence-electron chi connectivity index (χ2n) is 2.70. The second kappa shape index (κ2) is 4.07. The third kappa shape index (κ3) is 1.94. The quantitative estimate of drug-likeness (QED) is 0.791. The number of aromatic nitrogens is 2. The van der Waals surface area contributed by atoms with Crippen LogP contribution in [0.3, 0.4) is 0 Å². The SMILES string of the molecule is Clc1nccnc1-c1ccc(Br)cc1. The maximum atomic E-state index is 5.91. The molecule has 1 heterocycles. The fourth-order valence-corrected chi connectivity index (χ4v) is 1.60. The number of benzene rings is 1. The molecule has 70 valence electrons. The molecule has 1 aromatic heterocycles. The maximum absolute atomic E-state index is 5.91. The van der Waals surface area contributed by atoms with Gasteiger partial charge in [-0.2, -0.15) is 0 Å². The molecule has 0 bridgehead atoms. The highest BCUT2D eigenvalue weighted by molar-refractivity contribution is 9.10. The zero-order valence-corrected chi connectivity index (χ0v) is 9.46. The van der Waals surface area contributed by atoms with Gasteiger partial charge in [-0.15, -0.1) is 0 Å². The largest absolute Gasteiger partial charge is 0.251 e. The Kier molecular flexibility index (Phi) is 2.79. The van der Waals surface area contributed by atoms with Crippen molar-refractivity contribution in [1.29, 1.82) is 0 Å². The molecule has 0 spiro atoms. The monoisotopic (exact) mass is 268 g/mol. The molecule has 14 heavy (non-hydrogen) atoms. The van der Waals surface area contributed by atoms with E-state index in [4.69, 9.17) is 11.6 Å². The highest BCUT2D eigenvalue weighted by Gasteiger charge is 2.04. The summed E-state index contributed by atoms with van der Waals surface area (Å²) in [4.78, 5) is 8.14. The minimum Gasteiger partial charge on any atom is -0.251 e. The van der Waals surface area contributed by atoms with Gasteiger partial charge in [-0.3, -0.25) is 4.98 Å². The molecule has 0 unspecified atom stereocenters. The molecule has 0 atom stereocenters. The molecule has 1 aromatic carbocycles. The van der Waals surface area contributed by atoms with Gasteiger partial charge in [0, 0.05) is 22.4 Å². The van der Waals surface area contributed by atoms with Crippen molar-refractivity contribution in [1.82, 2.24) is 9.97 Å². The molecule has 2 aromatic rings. The third-order valence-electron chi connectivity index (χ3n) is 1.77. The topological polar surface area (TPSA) is 25.8 Å². The molecular formula is C10H6BrClN2. The van der Waals surface area contributed by atoms with E-state index in [0.29, 0.717) is 10.8 Å². The number of hydrogen-bond acceptors (Lipinski definition) is 2. The molecule has 0 radical (unpaired) electrons. The van der Waals surface area contributed by atoms with Gasteiger partial charge >= 0.3 is 0 Å². The van der Waals surface area contributed by atoms with E-state index in [9.17, 15) is 0 Å². The first-order valence-corrected chi connectivity index (χ1v) is 5.17. The second-order valence-corrected chi connectivity index (χ2v) is 3.98. The van der Waals surface area contributed by atoms with Crippen LogP contribution in [0.2, 0.25) is 5.15 Å². The lowest BCUT2D eigenvalue weighted by atomic mass is 10.2. The molecule has 0 aliphatic carbocycles. The molecule has 0 saturated carbocycles. The zero-order chi connectivity index (χ0) is 9.97. The van der Waals surface area contributed by atoms with Gasteiger partial charge in [-0.1, -0.05) is 39.7 Å². The lowest BCUT2D eigenvalue weighted by Gasteiger charge is -2.01. The van der Waals surface area contributed by atoms with Gasteiger partial charge < -0.3 is 0 Å². The molecule has 0 amide bonds. The van der Waals surface area contributed by atoms with Crippen molar-refractivity contribution in [2.24, 2.45) is 0 Å². The zero-order valence-electron chi connectivity index (χ0n) is 7.11. The Hall–Kier alpha value is -0.930. The lowest BCUT2D eigenvalue weighted by molar-refractivity contribution is 1.21. The third-order valence-corrected chi connectivity index (χ3v) is 2.58. The minimum atomic E-state index is 0.426. The van der Waals surface area contributed by atoms with Crippen molar-refractivity contribution in [3.05, 3.63) is 46.3 Å². The fourth-order valence-electron chi connectivity index (χ4n) is 1.12. The van der Waals surface area contributed by atoms with E-state index < -0.39 is 0 Å². The summed E-state index contributed by atoms with van der Waals surface area (Å²) < 4.78 is 1.03. The van der Waals surface area contributed by atoms with Crippen LogP contribution in [0.4, 0.5) is 0 Å². The summed E-state index contributed by atoms with van der Waals surface area (Å²) in [6, 6.07) is 7.78. The first-order chi connectivity index (χ1) is 6.77. The molecule has 0 aliphatic heterocycles. The molecule has 4 heteroatoms. The van der Waals surface area contributed by atoms with E-state index in [-0.39, 0.29) is 0 Å². The van der Waals surface area contributed by atoms with Crippen LogP contribution >= 0.6 is 27.5 Å². The predicted molar refractivity (Wildman–Crippen MR) is 60.2 cm³/mol. The average molecular weight is 270 g/mol. The summed E-state index contributed by atoms with van der Waals surface area (Å²) in [6.07, 6.45) is 3.20. The first kappa shape index (κ1) is 9.62. The molecule has 0 N–H and O–H groups in total. The van der Waals surface area contributed by atoms with E-state index in [1.807, 2.05) is 24.3 Å². The maximum Gasteiger partial charge on any atom is 0.155 e. The Labute approximate surface area is 95.1 Å². The highest BCUT2D eigenvalue weighted by atomic mass is 79.9. The Morgan fingerprint density at radius 2 is 1.64 bits per heavy atom. The number of hydrogen-bond donors (Lipinski definition) is 0. The van der Waals surface area contributed by atoms with E-state index in [2.05, 4.69) is 25.9 Å². The standard InChI is InChI=1S/C10H6BrClN2/c11-8-3-1-7(2-4-8)9-10(12)14-6-5-13-9/h1-6H. The van der Waals surface area contributed by atoms with Crippen molar-refractivity contribution in [2.75, 3.05) is 0 Å². The summed E-state index contributed by atoms with van der Waals surface area (Å²) in [6.45, 7) is 0. The van der Waals surface area contributed by atoms with Gasteiger partial charge in [-0.25, -0.2) is 4.98 Å². The fraction of sp³-hybridized carbons (Fsp3) is 0. The van der Waals surface area contributed by atoms with Gasteiger partial charge in [0.2, 0.25) is 0 Å². The van der Waals surface area contributed by atoms with Gasteiger partial charge in [0.15, 0.2) is 5.15 Å². The van der Waals surface area contributed by atoms with Crippen LogP contribution in [-0.2, 0) is 0 Å². The van der Waals surface area contributed by atoms with Crippen molar-refractivity contribution >= 4 is 27.5 Å². The van der Waals surface area contributed by atoms with Crippen LogP contribution in [0, 0.1) is 0 Å². The van der Waals surface area contributed by atoms with Crippen LogP contribution in [0.15, 0.2) is 41.1 Å². The average Bonchev–Trinajstić information content (AvgIpc) is 2.20. The Balaban J connectivity index is 2.50. The van der Waals surface area contributed by atoms with Crippen molar-refractivity contribution in [2.45, 2.75) is 0 Å². The number of rotatable bonds is 1. The molecular weight excluding hydrogens is 263 g/mol. The molecule has 0 fully saturated rings. The van der Waals surface area contributed by atoms with Crippen molar-refractivity contribution in [3.8, 4) is 11.3 Å².